The molecule has 0 spiro atoms. The maximum Gasteiger partial charge on any atom is 0.453 e. The van der Waals surface area contributed by atoms with E-state index in [0.29, 0.717) is 10.2 Å². The minimum atomic E-state index is -4.71. The first kappa shape index (κ1) is 14.8. The zero-order valence-electron chi connectivity index (χ0n) is 10.0. The van der Waals surface area contributed by atoms with Gasteiger partial charge in [0, 0.05) is 12.1 Å². The standard InChI is InChI=1S/C10H6F3N5O2S/c11-10(12,13)8-15-16-9(21)17(8)14-5-6-1-3-7(4-2-6)18(19)20/h1-5H,(H,16,21)/b14-5-. The van der Waals surface area contributed by atoms with Crippen LogP contribution in [0.4, 0.5) is 18.9 Å². The number of benzene rings is 1. The van der Waals surface area contributed by atoms with Gasteiger partial charge in [0.1, 0.15) is 0 Å². The first-order valence-corrected chi connectivity index (χ1v) is 5.73. The molecule has 1 heterocycles. The molecular weight excluding hydrogens is 311 g/mol. The van der Waals surface area contributed by atoms with Crippen LogP contribution in [0.1, 0.15) is 11.4 Å². The molecule has 0 aliphatic heterocycles. The fourth-order valence-electron chi connectivity index (χ4n) is 1.39. The van der Waals surface area contributed by atoms with E-state index in [9.17, 15) is 23.3 Å². The molecule has 110 valence electrons. The average Bonchev–Trinajstić information content (AvgIpc) is 2.78. The number of hydrogen-bond acceptors (Lipinski definition) is 5. The summed E-state index contributed by atoms with van der Waals surface area (Å²) in [6, 6.07) is 5.11. The number of nitrogens with zero attached hydrogens (tertiary/aromatic N) is 4. The molecule has 2 rings (SSSR count). The van der Waals surface area contributed by atoms with Crippen LogP contribution in [0.25, 0.3) is 0 Å². The van der Waals surface area contributed by atoms with Gasteiger partial charge >= 0.3 is 6.18 Å². The van der Waals surface area contributed by atoms with Gasteiger partial charge in [0.05, 0.1) is 11.1 Å². The highest BCUT2D eigenvalue weighted by Gasteiger charge is 2.37. The van der Waals surface area contributed by atoms with E-state index in [1.807, 2.05) is 5.10 Å². The molecule has 1 aromatic heterocycles. The lowest BCUT2D eigenvalue weighted by Crippen LogP contribution is -2.12. The van der Waals surface area contributed by atoms with Crippen LogP contribution in [0, 0.1) is 14.9 Å². The zero-order chi connectivity index (χ0) is 15.6. The van der Waals surface area contributed by atoms with E-state index in [1.165, 1.54) is 24.3 Å². The number of nitro groups is 1. The Morgan fingerprint density at radius 2 is 2.00 bits per heavy atom. The third-order valence-corrected chi connectivity index (χ3v) is 2.59. The smallest absolute Gasteiger partial charge is 0.258 e. The van der Waals surface area contributed by atoms with Crippen LogP contribution in [0.3, 0.4) is 0 Å². The summed E-state index contributed by atoms with van der Waals surface area (Å²) < 4.78 is 38.0. The molecule has 21 heavy (non-hydrogen) atoms. The molecule has 0 atom stereocenters. The number of nitro benzene ring substituents is 1. The monoisotopic (exact) mass is 317 g/mol. The summed E-state index contributed by atoms with van der Waals surface area (Å²) in [5.41, 5.74) is 0.236. The number of H-pyrrole nitrogens is 1. The quantitative estimate of drug-likeness (QED) is 0.408. The summed E-state index contributed by atoms with van der Waals surface area (Å²) in [6.07, 6.45) is -3.62. The molecule has 2 aromatic rings. The summed E-state index contributed by atoms with van der Waals surface area (Å²) in [7, 11) is 0. The van der Waals surface area contributed by atoms with Gasteiger partial charge in [-0.2, -0.15) is 22.9 Å². The molecule has 1 N–H and O–H groups in total. The Balaban J connectivity index is 2.32. The Hall–Kier alpha value is -2.56. The molecule has 0 aliphatic carbocycles. The minimum absolute atomic E-state index is 0.136. The second-order valence-electron chi connectivity index (χ2n) is 3.76. The van der Waals surface area contributed by atoms with E-state index in [1.54, 1.807) is 0 Å². The second-order valence-corrected chi connectivity index (χ2v) is 4.14. The van der Waals surface area contributed by atoms with Crippen LogP contribution < -0.4 is 0 Å². The van der Waals surface area contributed by atoms with E-state index < -0.39 is 16.9 Å². The molecule has 0 fully saturated rings. The van der Waals surface area contributed by atoms with Crippen molar-refractivity contribution >= 4 is 24.1 Å². The van der Waals surface area contributed by atoms with Crippen molar-refractivity contribution in [2.24, 2.45) is 5.10 Å². The Kier molecular flexibility index (Phi) is 3.84. The molecule has 0 unspecified atom stereocenters. The van der Waals surface area contributed by atoms with Crippen molar-refractivity contribution in [2.75, 3.05) is 0 Å². The molecule has 0 bridgehead atoms. The normalized spacial score (nSPS) is 12.0. The molecule has 0 aliphatic rings. The largest absolute Gasteiger partial charge is 0.453 e. The maximum atomic E-state index is 12.6. The van der Waals surface area contributed by atoms with Crippen molar-refractivity contribution in [3.05, 3.63) is 50.5 Å². The number of halogens is 3. The van der Waals surface area contributed by atoms with Crippen molar-refractivity contribution < 1.29 is 18.1 Å². The number of rotatable bonds is 3. The predicted octanol–water partition coefficient (Wildman–Crippen LogP) is 2.75. The van der Waals surface area contributed by atoms with Crippen LogP contribution in [-0.4, -0.2) is 26.0 Å². The molecule has 0 amide bonds. The lowest BCUT2D eigenvalue weighted by molar-refractivity contribution is -0.384. The van der Waals surface area contributed by atoms with Crippen molar-refractivity contribution in [2.45, 2.75) is 6.18 Å². The van der Waals surface area contributed by atoms with E-state index in [0.717, 1.165) is 6.21 Å². The van der Waals surface area contributed by atoms with Crippen molar-refractivity contribution in [3.8, 4) is 0 Å². The number of aromatic nitrogens is 3. The maximum absolute atomic E-state index is 12.6. The first-order valence-electron chi connectivity index (χ1n) is 5.32. The number of non-ortho nitro benzene ring substituents is 1. The van der Waals surface area contributed by atoms with Crippen molar-refractivity contribution in [1.29, 1.82) is 0 Å². The van der Waals surface area contributed by atoms with Crippen LogP contribution in [0.2, 0.25) is 0 Å². The zero-order valence-corrected chi connectivity index (χ0v) is 10.9. The molecule has 7 nitrogen and oxygen atoms in total. The van der Waals surface area contributed by atoms with E-state index in [-0.39, 0.29) is 10.5 Å². The topological polar surface area (TPSA) is 89.1 Å². The Morgan fingerprint density at radius 1 is 1.38 bits per heavy atom. The van der Waals surface area contributed by atoms with Gasteiger partial charge in [-0.25, -0.2) is 5.10 Å². The fraction of sp³-hybridized carbons (Fsp3) is 0.100. The van der Waals surface area contributed by atoms with Crippen LogP contribution in [-0.2, 0) is 6.18 Å². The summed E-state index contributed by atoms with van der Waals surface area (Å²) in [4.78, 5) is 9.88. The third kappa shape index (κ3) is 3.31. The summed E-state index contributed by atoms with van der Waals surface area (Å²) in [6.45, 7) is 0. The molecule has 11 heteroatoms. The minimum Gasteiger partial charge on any atom is -0.258 e. The number of aromatic amines is 1. The third-order valence-electron chi connectivity index (χ3n) is 2.33. The van der Waals surface area contributed by atoms with Gasteiger partial charge in [-0.05, 0) is 29.9 Å². The Morgan fingerprint density at radius 3 is 2.52 bits per heavy atom. The molecule has 0 saturated carbocycles. The van der Waals surface area contributed by atoms with Gasteiger partial charge < -0.3 is 0 Å². The van der Waals surface area contributed by atoms with Crippen molar-refractivity contribution in [1.82, 2.24) is 14.9 Å². The molecular formula is C10H6F3N5O2S. The van der Waals surface area contributed by atoms with E-state index in [2.05, 4.69) is 22.4 Å². The summed E-state index contributed by atoms with van der Waals surface area (Å²) in [5.74, 6) is -1.29. The number of nitrogens with one attached hydrogen (secondary N) is 1. The number of hydrogen-bond donors (Lipinski definition) is 1. The van der Waals surface area contributed by atoms with Gasteiger partial charge in [-0.1, -0.05) is 0 Å². The van der Waals surface area contributed by atoms with E-state index in [4.69, 9.17) is 0 Å². The summed E-state index contributed by atoms with van der Waals surface area (Å²) >= 11 is 4.65. The Bertz CT molecular complexity index is 747. The van der Waals surface area contributed by atoms with Gasteiger partial charge in [-0.15, -0.1) is 5.10 Å². The average molecular weight is 317 g/mol. The molecule has 1 aromatic carbocycles. The van der Waals surface area contributed by atoms with Gasteiger partial charge in [0.15, 0.2) is 0 Å². The highest BCUT2D eigenvalue weighted by Crippen LogP contribution is 2.27. The van der Waals surface area contributed by atoms with E-state index >= 15 is 0 Å². The highest BCUT2D eigenvalue weighted by atomic mass is 32.1. The molecule has 0 saturated heterocycles. The highest BCUT2D eigenvalue weighted by molar-refractivity contribution is 7.71. The Labute approximate surface area is 119 Å². The van der Waals surface area contributed by atoms with Crippen LogP contribution >= 0.6 is 12.2 Å². The second kappa shape index (κ2) is 5.44. The van der Waals surface area contributed by atoms with Crippen LogP contribution in [0.5, 0.6) is 0 Å². The number of alkyl halides is 3. The lowest BCUT2D eigenvalue weighted by atomic mass is 10.2. The van der Waals surface area contributed by atoms with Crippen LogP contribution in [0.15, 0.2) is 29.4 Å². The predicted molar refractivity (Wildman–Crippen MR) is 68.5 cm³/mol. The molecule has 0 radical (unpaired) electrons. The van der Waals surface area contributed by atoms with Gasteiger partial charge in [0.25, 0.3) is 11.5 Å². The van der Waals surface area contributed by atoms with Crippen molar-refractivity contribution in [3.63, 3.8) is 0 Å². The fourth-order valence-corrected chi connectivity index (χ4v) is 1.57. The lowest BCUT2D eigenvalue weighted by Gasteiger charge is -2.03. The SMILES string of the molecule is O=[N+]([O-])c1ccc(/C=N\n2c(C(F)(F)F)n[nH]c2=S)cc1. The van der Waals surface area contributed by atoms with Gasteiger partial charge in [0.2, 0.25) is 4.77 Å². The first-order chi connectivity index (χ1) is 9.79. The van der Waals surface area contributed by atoms with Gasteiger partial charge in [-0.3, -0.25) is 10.1 Å². The summed E-state index contributed by atoms with van der Waals surface area (Å²) in [5, 5.41) is 19.1.